The first kappa shape index (κ1) is 11.2. The molecule has 0 aliphatic carbocycles. The average Bonchev–Trinajstić information content (AvgIpc) is 2.65. The molecule has 0 aromatic heterocycles. The Kier molecular flexibility index (Phi) is 3.01. The van der Waals surface area contributed by atoms with Gasteiger partial charge in [0, 0.05) is 10.6 Å². The van der Waals surface area contributed by atoms with E-state index in [1.54, 1.807) is 19.1 Å². The number of carbonyl (C=O) groups excluding carboxylic acids is 1. The van der Waals surface area contributed by atoms with Crippen LogP contribution in [0.5, 0.6) is 0 Å². The van der Waals surface area contributed by atoms with Gasteiger partial charge in [-0.15, -0.1) is 0 Å². The fourth-order valence-electron chi connectivity index (χ4n) is 1.62. The molecule has 1 aromatic carbocycles. The number of rotatable bonds is 2. The van der Waals surface area contributed by atoms with Crippen LogP contribution in [0, 0.1) is 12.7 Å². The van der Waals surface area contributed by atoms with Gasteiger partial charge in [0.15, 0.2) is 0 Å². The zero-order valence-corrected chi connectivity index (χ0v) is 9.55. The fourth-order valence-corrected chi connectivity index (χ4v) is 1.83. The fraction of sp³-hybridized carbons (Fsp3) is 0.364. The van der Waals surface area contributed by atoms with Crippen LogP contribution < -0.4 is 0 Å². The molecular formula is C11H11ClFNO2. The first-order valence-corrected chi connectivity index (χ1v) is 5.32. The number of nitrogens with zero attached hydrogens (tertiary/aromatic N) is 1. The number of halogens is 2. The smallest absolute Gasteiger partial charge is 0.410 e. The molecule has 1 heterocycles. The average molecular weight is 244 g/mol. The first-order valence-electron chi connectivity index (χ1n) is 4.95. The number of cyclic esters (lactones) is 1. The van der Waals surface area contributed by atoms with Crippen molar-refractivity contribution in [3.63, 3.8) is 0 Å². The summed E-state index contributed by atoms with van der Waals surface area (Å²) in [7, 11) is 0. The Labute approximate surface area is 97.8 Å². The Morgan fingerprint density at radius 2 is 2.31 bits per heavy atom. The van der Waals surface area contributed by atoms with Crippen molar-refractivity contribution < 1.29 is 13.9 Å². The van der Waals surface area contributed by atoms with Crippen LogP contribution in [0.3, 0.4) is 0 Å². The highest BCUT2D eigenvalue weighted by atomic mass is 35.5. The van der Waals surface area contributed by atoms with Gasteiger partial charge in [0.2, 0.25) is 0 Å². The van der Waals surface area contributed by atoms with E-state index in [0.717, 1.165) is 0 Å². The normalized spacial score (nSPS) is 15.4. The lowest BCUT2D eigenvalue weighted by molar-refractivity contribution is 0.157. The molecule has 1 fully saturated rings. The quantitative estimate of drug-likeness (QED) is 0.799. The van der Waals surface area contributed by atoms with Crippen molar-refractivity contribution in [3.8, 4) is 0 Å². The second-order valence-electron chi connectivity index (χ2n) is 3.69. The third-order valence-electron chi connectivity index (χ3n) is 2.57. The molecular weight excluding hydrogens is 233 g/mol. The predicted molar refractivity (Wildman–Crippen MR) is 57.9 cm³/mol. The molecule has 0 saturated carbocycles. The number of aryl methyl sites for hydroxylation is 1. The highest BCUT2D eigenvalue weighted by molar-refractivity contribution is 6.31. The maximum absolute atomic E-state index is 13.8. The van der Waals surface area contributed by atoms with Gasteiger partial charge in [-0.2, -0.15) is 0 Å². The molecule has 2 rings (SSSR count). The van der Waals surface area contributed by atoms with Gasteiger partial charge in [0.1, 0.15) is 12.4 Å². The predicted octanol–water partition coefficient (Wildman–Crippen LogP) is 2.74. The minimum atomic E-state index is -0.419. The van der Waals surface area contributed by atoms with E-state index < -0.39 is 6.09 Å². The molecule has 1 aliphatic rings. The Balaban J connectivity index is 2.27. The maximum Gasteiger partial charge on any atom is 0.410 e. The van der Waals surface area contributed by atoms with Gasteiger partial charge in [-0.3, -0.25) is 0 Å². The highest BCUT2D eigenvalue weighted by Crippen LogP contribution is 2.24. The number of benzene rings is 1. The summed E-state index contributed by atoms with van der Waals surface area (Å²) in [5.74, 6) is -0.354. The minimum Gasteiger partial charge on any atom is -0.448 e. The molecule has 1 amide bonds. The third-order valence-corrected chi connectivity index (χ3v) is 2.93. The molecule has 1 aliphatic heterocycles. The maximum atomic E-state index is 13.8. The van der Waals surface area contributed by atoms with Crippen molar-refractivity contribution >= 4 is 17.7 Å². The molecule has 0 atom stereocenters. The van der Waals surface area contributed by atoms with E-state index in [-0.39, 0.29) is 12.4 Å². The standard InChI is InChI=1S/C11H11ClFNO2/c1-7-2-3-9(12)8(10(7)13)6-14-4-5-16-11(14)15/h2-3H,4-6H2,1H3. The van der Waals surface area contributed by atoms with Gasteiger partial charge in [-0.25, -0.2) is 9.18 Å². The topological polar surface area (TPSA) is 29.5 Å². The van der Waals surface area contributed by atoms with E-state index in [1.165, 1.54) is 4.90 Å². The molecule has 0 bridgehead atoms. The summed E-state index contributed by atoms with van der Waals surface area (Å²) in [5.41, 5.74) is 0.868. The van der Waals surface area contributed by atoms with Crippen molar-refractivity contribution in [1.29, 1.82) is 0 Å². The van der Waals surface area contributed by atoms with E-state index in [2.05, 4.69) is 0 Å². The monoisotopic (exact) mass is 243 g/mol. The third kappa shape index (κ3) is 1.97. The van der Waals surface area contributed by atoms with Crippen molar-refractivity contribution in [1.82, 2.24) is 4.90 Å². The number of carbonyl (C=O) groups is 1. The lowest BCUT2D eigenvalue weighted by atomic mass is 10.1. The van der Waals surface area contributed by atoms with Crippen molar-refractivity contribution in [3.05, 3.63) is 34.1 Å². The molecule has 5 heteroatoms. The van der Waals surface area contributed by atoms with E-state index >= 15 is 0 Å². The van der Waals surface area contributed by atoms with E-state index in [9.17, 15) is 9.18 Å². The second-order valence-corrected chi connectivity index (χ2v) is 4.10. The van der Waals surface area contributed by atoms with Gasteiger partial charge in [-0.05, 0) is 18.6 Å². The SMILES string of the molecule is Cc1ccc(Cl)c(CN2CCOC2=O)c1F. The molecule has 0 radical (unpaired) electrons. The summed E-state index contributed by atoms with van der Waals surface area (Å²) in [5, 5.41) is 0.336. The number of amides is 1. The van der Waals surface area contributed by atoms with Crippen LogP contribution in [0.25, 0.3) is 0 Å². The summed E-state index contributed by atoms with van der Waals surface area (Å²) < 4.78 is 18.5. The zero-order chi connectivity index (χ0) is 11.7. The molecule has 1 saturated heterocycles. The molecule has 0 N–H and O–H groups in total. The Morgan fingerprint density at radius 1 is 1.56 bits per heavy atom. The molecule has 16 heavy (non-hydrogen) atoms. The number of hydrogen-bond donors (Lipinski definition) is 0. The first-order chi connectivity index (χ1) is 7.59. The lowest BCUT2D eigenvalue weighted by Gasteiger charge is -2.15. The lowest BCUT2D eigenvalue weighted by Crippen LogP contribution is -2.24. The van der Waals surface area contributed by atoms with Crippen LogP contribution in [0.4, 0.5) is 9.18 Å². The molecule has 1 aromatic rings. The molecule has 3 nitrogen and oxygen atoms in total. The van der Waals surface area contributed by atoms with Crippen molar-refractivity contribution in [2.24, 2.45) is 0 Å². The summed E-state index contributed by atoms with van der Waals surface area (Å²) >= 11 is 5.91. The van der Waals surface area contributed by atoms with Crippen molar-refractivity contribution in [2.45, 2.75) is 13.5 Å². The summed E-state index contributed by atoms with van der Waals surface area (Å²) in [6, 6.07) is 3.25. The van der Waals surface area contributed by atoms with Crippen molar-refractivity contribution in [2.75, 3.05) is 13.2 Å². The number of ether oxygens (including phenoxy) is 1. The summed E-state index contributed by atoms with van der Waals surface area (Å²) in [6.07, 6.45) is -0.419. The van der Waals surface area contributed by atoms with Gasteiger partial charge >= 0.3 is 6.09 Å². The van der Waals surface area contributed by atoms with Gasteiger partial charge < -0.3 is 9.64 Å². The van der Waals surface area contributed by atoms with Gasteiger partial charge in [0.25, 0.3) is 0 Å². The van der Waals surface area contributed by atoms with Crippen LogP contribution >= 0.6 is 11.6 Å². The number of hydrogen-bond acceptors (Lipinski definition) is 2. The Hall–Kier alpha value is -1.29. The zero-order valence-electron chi connectivity index (χ0n) is 8.80. The summed E-state index contributed by atoms with van der Waals surface area (Å²) in [6.45, 7) is 2.65. The van der Waals surface area contributed by atoms with Crippen LogP contribution in [-0.2, 0) is 11.3 Å². The van der Waals surface area contributed by atoms with Crippen LogP contribution in [0.1, 0.15) is 11.1 Å². The highest BCUT2D eigenvalue weighted by Gasteiger charge is 2.24. The minimum absolute atomic E-state index is 0.158. The van der Waals surface area contributed by atoms with Gasteiger partial charge in [0.05, 0.1) is 13.1 Å². The molecule has 86 valence electrons. The molecule has 0 unspecified atom stereocenters. The van der Waals surface area contributed by atoms with Crippen LogP contribution in [0.2, 0.25) is 5.02 Å². The largest absolute Gasteiger partial charge is 0.448 e. The Bertz CT molecular complexity index is 436. The van der Waals surface area contributed by atoms with Crippen LogP contribution in [-0.4, -0.2) is 24.1 Å². The van der Waals surface area contributed by atoms with Gasteiger partial charge in [-0.1, -0.05) is 17.7 Å². The van der Waals surface area contributed by atoms with E-state index in [4.69, 9.17) is 16.3 Å². The Morgan fingerprint density at radius 3 is 2.94 bits per heavy atom. The van der Waals surface area contributed by atoms with E-state index in [0.29, 0.717) is 29.3 Å². The second kappa shape index (κ2) is 4.29. The van der Waals surface area contributed by atoms with E-state index in [1.807, 2.05) is 0 Å². The van der Waals surface area contributed by atoms with Crippen LogP contribution in [0.15, 0.2) is 12.1 Å². The summed E-state index contributed by atoms with van der Waals surface area (Å²) in [4.78, 5) is 12.7. The molecule has 0 spiro atoms.